The first-order valence-electron chi connectivity index (χ1n) is 6.09. The molecule has 0 saturated carbocycles. The molecule has 1 saturated heterocycles. The fourth-order valence-corrected chi connectivity index (χ4v) is 2.48. The fourth-order valence-electron chi connectivity index (χ4n) is 1.98. The fraction of sp³-hybridized carbons (Fsp3) is 0.385. The Balaban J connectivity index is 1.86. The summed E-state index contributed by atoms with van der Waals surface area (Å²) in [4.78, 5) is 22.7. The quantitative estimate of drug-likeness (QED) is 0.863. The van der Waals surface area contributed by atoms with Gasteiger partial charge in [0.25, 0.3) is 5.91 Å². The average molecular weight is 363 g/mol. The molecule has 7 heteroatoms. The van der Waals surface area contributed by atoms with Crippen LogP contribution in [0.3, 0.4) is 0 Å². The Labute approximate surface area is 129 Å². The first-order chi connectivity index (χ1) is 9.47. The number of carboxylic acid groups (broad SMARTS) is 1. The number of nitrogens with one attached hydrogen (secondary N) is 1. The maximum absolute atomic E-state index is 11.9. The molecule has 1 aromatic rings. The van der Waals surface area contributed by atoms with Gasteiger partial charge in [-0.2, -0.15) is 0 Å². The smallest absolute Gasteiger partial charge is 0.332 e. The first-order valence-corrected chi connectivity index (χ1v) is 7.26. The van der Waals surface area contributed by atoms with E-state index in [-0.39, 0.29) is 12.0 Å². The lowest BCUT2D eigenvalue weighted by Gasteiger charge is -2.12. The molecular weight excluding hydrogens is 350 g/mol. The van der Waals surface area contributed by atoms with Crippen molar-refractivity contribution in [2.75, 3.05) is 6.54 Å². The Morgan fingerprint density at radius 2 is 2.20 bits per heavy atom. The zero-order valence-corrected chi connectivity index (χ0v) is 12.8. The van der Waals surface area contributed by atoms with Gasteiger partial charge in [0.05, 0.1) is 11.1 Å². The summed E-state index contributed by atoms with van der Waals surface area (Å²) in [6, 6.07) is 4.89. The van der Waals surface area contributed by atoms with E-state index < -0.39 is 12.1 Å². The molecule has 1 aliphatic heterocycles. The summed E-state index contributed by atoms with van der Waals surface area (Å²) in [7, 11) is 0. The van der Waals surface area contributed by atoms with E-state index in [1.54, 1.807) is 18.2 Å². The van der Waals surface area contributed by atoms with Crippen molar-refractivity contribution in [1.29, 1.82) is 0 Å². The summed E-state index contributed by atoms with van der Waals surface area (Å²) in [5.41, 5.74) is 0.481. The summed E-state index contributed by atoms with van der Waals surface area (Å²) in [5, 5.41) is 12.1. The van der Waals surface area contributed by atoms with E-state index in [2.05, 4.69) is 21.2 Å². The second-order valence-electron chi connectivity index (χ2n) is 4.50. The number of aliphatic carboxylic acids is 1. The van der Waals surface area contributed by atoms with Crippen LogP contribution in [0, 0.1) is 0 Å². The molecule has 108 valence electrons. The number of carboxylic acids is 1. The molecule has 20 heavy (non-hydrogen) atoms. The van der Waals surface area contributed by atoms with Crippen molar-refractivity contribution in [2.24, 2.45) is 0 Å². The Morgan fingerprint density at radius 3 is 2.80 bits per heavy atom. The highest BCUT2D eigenvalue weighted by atomic mass is 79.9. The molecule has 1 aliphatic rings. The second-order valence-corrected chi connectivity index (χ2v) is 5.76. The molecule has 0 aromatic heterocycles. The molecule has 1 amide bonds. The highest BCUT2D eigenvalue weighted by Gasteiger charge is 2.30. The molecule has 0 radical (unpaired) electrons. The number of amides is 1. The minimum absolute atomic E-state index is 0.246. The van der Waals surface area contributed by atoms with Gasteiger partial charge in [-0.15, -0.1) is 0 Å². The van der Waals surface area contributed by atoms with Crippen LogP contribution in [0.15, 0.2) is 22.7 Å². The van der Waals surface area contributed by atoms with Gasteiger partial charge in [-0.1, -0.05) is 11.6 Å². The third kappa shape index (κ3) is 3.71. The van der Waals surface area contributed by atoms with Crippen LogP contribution in [0.25, 0.3) is 0 Å². The number of hydrogen-bond acceptors (Lipinski definition) is 3. The standard InChI is InChI=1S/C13H13BrClNO4/c14-9-5-7(1-3-10(9)15)12(17)16-6-8-2-4-11(20-8)13(18)19/h1,3,5,8,11H,2,4,6H2,(H,16,17)(H,18,19). The Bertz CT molecular complexity index is 537. The number of halogens is 2. The van der Waals surface area contributed by atoms with Crippen molar-refractivity contribution >= 4 is 39.4 Å². The van der Waals surface area contributed by atoms with Crippen molar-refractivity contribution in [2.45, 2.75) is 25.0 Å². The second kappa shape index (κ2) is 6.56. The van der Waals surface area contributed by atoms with Crippen molar-refractivity contribution in [1.82, 2.24) is 5.32 Å². The normalized spacial score (nSPS) is 21.7. The van der Waals surface area contributed by atoms with Crippen LogP contribution < -0.4 is 5.32 Å². The van der Waals surface area contributed by atoms with Gasteiger partial charge in [0.1, 0.15) is 0 Å². The van der Waals surface area contributed by atoms with E-state index >= 15 is 0 Å². The highest BCUT2D eigenvalue weighted by molar-refractivity contribution is 9.10. The zero-order valence-electron chi connectivity index (χ0n) is 10.4. The molecule has 0 aliphatic carbocycles. The molecule has 1 aromatic carbocycles. The molecule has 0 bridgehead atoms. The van der Waals surface area contributed by atoms with Crippen LogP contribution in [-0.2, 0) is 9.53 Å². The first kappa shape index (κ1) is 15.3. The van der Waals surface area contributed by atoms with Gasteiger partial charge in [0, 0.05) is 16.6 Å². The van der Waals surface area contributed by atoms with Gasteiger partial charge in [0.2, 0.25) is 0 Å². The molecule has 2 rings (SSSR count). The van der Waals surface area contributed by atoms with Crippen molar-refractivity contribution in [3.05, 3.63) is 33.3 Å². The van der Waals surface area contributed by atoms with Gasteiger partial charge < -0.3 is 15.2 Å². The molecular formula is C13H13BrClNO4. The number of carbonyl (C=O) groups is 2. The molecule has 1 fully saturated rings. The monoisotopic (exact) mass is 361 g/mol. The van der Waals surface area contributed by atoms with E-state index in [0.29, 0.717) is 34.4 Å². The SMILES string of the molecule is O=C(NCC1CCC(C(=O)O)O1)c1ccc(Cl)c(Br)c1. The lowest BCUT2D eigenvalue weighted by Crippen LogP contribution is -2.33. The predicted octanol–water partition coefficient (Wildman–Crippen LogP) is 2.46. The van der Waals surface area contributed by atoms with Crippen LogP contribution in [0.1, 0.15) is 23.2 Å². The maximum Gasteiger partial charge on any atom is 0.332 e. The van der Waals surface area contributed by atoms with Crippen LogP contribution in [0.4, 0.5) is 0 Å². The van der Waals surface area contributed by atoms with Gasteiger partial charge in [-0.25, -0.2) is 4.79 Å². The average Bonchev–Trinajstić information content (AvgIpc) is 2.88. The molecule has 2 atom stereocenters. The van der Waals surface area contributed by atoms with Crippen LogP contribution in [-0.4, -0.2) is 35.7 Å². The summed E-state index contributed by atoms with van der Waals surface area (Å²) in [6.07, 6.45) is 0.0848. The topological polar surface area (TPSA) is 75.6 Å². The number of hydrogen-bond donors (Lipinski definition) is 2. The van der Waals surface area contributed by atoms with Gasteiger partial charge >= 0.3 is 5.97 Å². The maximum atomic E-state index is 11.9. The summed E-state index contributed by atoms with van der Waals surface area (Å²) in [5.74, 6) is -1.20. The number of rotatable bonds is 4. The number of ether oxygens (including phenoxy) is 1. The Hall–Kier alpha value is -1.11. The molecule has 1 heterocycles. The van der Waals surface area contributed by atoms with E-state index in [1.807, 2.05) is 0 Å². The van der Waals surface area contributed by atoms with Crippen LogP contribution in [0.2, 0.25) is 5.02 Å². The van der Waals surface area contributed by atoms with Crippen molar-refractivity contribution in [3.63, 3.8) is 0 Å². The number of benzene rings is 1. The van der Waals surface area contributed by atoms with Crippen LogP contribution in [0.5, 0.6) is 0 Å². The molecule has 5 nitrogen and oxygen atoms in total. The lowest BCUT2D eigenvalue weighted by atomic mass is 10.2. The Kier molecular flexibility index (Phi) is 5.01. The van der Waals surface area contributed by atoms with Gasteiger partial charge in [0.15, 0.2) is 6.10 Å². The van der Waals surface area contributed by atoms with E-state index in [4.69, 9.17) is 21.4 Å². The van der Waals surface area contributed by atoms with Gasteiger partial charge in [-0.05, 0) is 47.0 Å². The minimum atomic E-state index is -0.958. The Morgan fingerprint density at radius 1 is 1.45 bits per heavy atom. The van der Waals surface area contributed by atoms with E-state index in [1.165, 1.54) is 0 Å². The summed E-state index contributed by atoms with van der Waals surface area (Å²) < 4.78 is 5.96. The summed E-state index contributed by atoms with van der Waals surface area (Å²) >= 11 is 9.11. The van der Waals surface area contributed by atoms with E-state index in [9.17, 15) is 9.59 Å². The molecule has 0 spiro atoms. The lowest BCUT2D eigenvalue weighted by molar-refractivity contribution is -0.149. The molecule has 2 N–H and O–H groups in total. The van der Waals surface area contributed by atoms with Crippen molar-refractivity contribution < 1.29 is 19.4 Å². The largest absolute Gasteiger partial charge is 0.479 e. The predicted molar refractivity (Wildman–Crippen MR) is 77.0 cm³/mol. The van der Waals surface area contributed by atoms with Crippen LogP contribution >= 0.6 is 27.5 Å². The molecule has 2 unspecified atom stereocenters. The van der Waals surface area contributed by atoms with Gasteiger partial charge in [-0.3, -0.25) is 4.79 Å². The summed E-state index contributed by atoms with van der Waals surface area (Å²) in [6.45, 7) is 0.295. The third-order valence-electron chi connectivity index (χ3n) is 3.06. The third-order valence-corrected chi connectivity index (χ3v) is 4.27. The number of carbonyl (C=O) groups excluding carboxylic acids is 1. The van der Waals surface area contributed by atoms with E-state index in [0.717, 1.165) is 0 Å². The van der Waals surface area contributed by atoms with Crippen molar-refractivity contribution in [3.8, 4) is 0 Å². The minimum Gasteiger partial charge on any atom is -0.479 e. The zero-order chi connectivity index (χ0) is 14.7. The highest BCUT2D eigenvalue weighted by Crippen LogP contribution is 2.23.